The summed E-state index contributed by atoms with van der Waals surface area (Å²) in [6.07, 6.45) is 2.63. The summed E-state index contributed by atoms with van der Waals surface area (Å²) >= 11 is 0. The molecule has 4 heteroatoms. The quantitative estimate of drug-likeness (QED) is 0.699. The molecular formula is C13H20N2O2. The van der Waals surface area contributed by atoms with E-state index in [1.54, 1.807) is 0 Å². The van der Waals surface area contributed by atoms with Gasteiger partial charge in [0.2, 0.25) is 5.91 Å². The zero-order valence-corrected chi connectivity index (χ0v) is 10.2. The van der Waals surface area contributed by atoms with Crippen LogP contribution in [0, 0.1) is 0 Å². The van der Waals surface area contributed by atoms with Gasteiger partial charge in [-0.15, -0.1) is 0 Å². The maximum atomic E-state index is 10.8. The van der Waals surface area contributed by atoms with Gasteiger partial charge in [-0.25, -0.2) is 0 Å². The van der Waals surface area contributed by atoms with Crippen molar-refractivity contribution in [1.82, 2.24) is 0 Å². The first kappa shape index (κ1) is 13.5. The third kappa shape index (κ3) is 4.87. The summed E-state index contributed by atoms with van der Waals surface area (Å²) in [7, 11) is 0. The average Bonchev–Trinajstić information content (AvgIpc) is 2.31. The van der Waals surface area contributed by atoms with Crippen LogP contribution in [-0.2, 0) is 11.2 Å². The van der Waals surface area contributed by atoms with Crippen molar-refractivity contribution in [2.75, 3.05) is 6.61 Å². The second kappa shape index (κ2) is 6.91. The minimum Gasteiger partial charge on any atom is -0.494 e. The van der Waals surface area contributed by atoms with Gasteiger partial charge in [-0.3, -0.25) is 4.79 Å². The van der Waals surface area contributed by atoms with Crippen LogP contribution in [0.4, 0.5) is 0 Å². The molecule has 4 nitrogen and oxygen atoms in total. The van der Waals surface area contributed by atoms with E-state index in [2.05, 4.69) is 6.92 Å². The molecule has 94 valence electrons. The van der Waals surface area contributed by atoms with Crippen LogP contribution < -0.4 is 16.2 Å². The number of ether oxygens (including phenoxy) is 1. The van der Waals surface area contributed by atoms with Crippen molar-refractivity contribution in [3.8, 4) is 5.75 Å². The third-order valence-electron chi connectivity index (χ3n) is 2.51. The van der Waals surface area contributed by atoms with Crippen LogP contribution in [0.2, 0.25) is 0 Å². The minimum absolute atomic E-state index is 0.463. The smallest absolute Gasteiger partial charge is 0.234 e. The number of nitrogens with two attached hydrogens (primary N) is 2. The van der Waals surface area contributed by atoms with Gasteiger partial charge in [-0.1, -0.05) is 25.5 Å². The first-order valence-corrected chi connectivity index (χ1v) is 5.90. The van der Waals surface area contributed by atoms with Gasteiger partial charge in [0.1, 0.15) is 5.75 Å². The van der Waals surface area contributed by atoms with E-state index in [-0.39, 0.29) is 0 Å². The van der Waals surface area contributed by atoms with E-state index in [4.69, 9.17) is 16.2 Å². The van der Waals surface area contributed by atoms with Gasteiger partial charge in [0.15, 0.2) is 0 Å². The Morgan fingerprint density at radius 2 is 2.00 bits per heavy atom. The molecule has 0 radical (unpaired) electrons. The van der Waals surface area contributed by atoms with Gasteiger partial charge in [0.25, 0.3) is 0 Å². The Kier molecular flexibility index (Phi) is 5.49. The normalized spacial score (nSPS) is 12.1. The van der Waals surface area contributed by atoms with E-state index in [1.165, 1.54) is 0 Å². The second-order valence-corrected chi connectivity index (χ2v) is 4.06. The molecule has 1 atom stereocenters. The van der Waals surface area contributed by atoms with Gasteiger partial charge < -0.3 is 16.2 Å². The molecule has 0 spiro atoms. The van der Waals surface area contributed by atoms with Crippen molar-refractivity contribution in [1.29, 1.82) is 0 Å². The molecule has 0 aliphatic rings. The third-order valence-corrected chi connectivity index (χ3v) is 2.51. The molecule has 1 aromatic carbocycles. The minimum atomic E-state index is -0.623. The Balaban J connectivity index is 2.47. The number of carbonyl (C=O) groups is 1. The number of benzene rings is 1. The molecule has 4 N–H and O–H groups in total. The molecule has 17 heavy (non-hydrogen) atoms. The predicted octanol–water partition coefficient (Wildman–Crippen LogP) is 1.22. The molecule has 0 aliphatic carbocycles. The van der Waals surface area contributed by atoms with Crippen molar-refractivity contribution in [2.45, 2.75) is 32.2 Å². The lowest BCUT2D eigenvalue weighted by molar-refractivity contribution is -0.119. The van der Waals surface area contributed by atoms with Crippen LogP contribution in [0.1, 0.15) is 25.3 Å². The van der Waals surface area contributed by atoms with E-state index in [0.717, 1.165) is 30.8 Å². The highest BCUT2D eigenvalue weighted by Crippen LogP contribution is 2.13. The molecule has 1 amide bonds. The highest BCUT2D eigenvalue weighted by molar-refractivity contribution is 5.79. The predicted molar refractivity (Wildman–Crippen MR) is 67.7 cm³/mol. The maximum absolute atomic E-state index is 10.8. The van der Waals surface area contributed by atoms with Gasteiger partial charge >= 0.3 is 0 Å². The number of amides is 1. The standard InChI is InChI=1S/C13H20N2O2/c1-2-3-8-17-11-6-4-10(5-7-11)9-12(14)13(15)16/h4-7,12H,2-3,8-9,14H2,1H3,(H2,15,16). The number of unbranched alkanes of at least 4 members (excludes halogenated alkanes) is 1. The Morgan fingerprint density at radius 1 is 1.35 bits per heavy atom. The Labute approximate surface area is 102 Å². The molecular weight excluding hydrogens is 216 g/mol. The fourth-order valence-corrected chi connectivity index (χ4v) is 1.41. The van der Waals surface area contributed by atoms with E-state index in [0.29, 0.717) is 6.42 Å². The first-order chi connectivity index (χ1) is 8.13. The zero-order chi connectivity index (χ0) is 12.7. The van der Waals surface area contributed by atoms with Gasteiger partial charge in [-0.2, -0.15) is 0 Å². The number of hydrogen-bond acceptors (Lipinski definition) is 3. The summed E-state index contributed by atoms with van der Waals surface area (Å²) in [5, 5.41) is 0. The average molecular weight is 236 g/mol. The maximum Gasteiger partial charge on any atom is 0.234 e. The zero-order valence-electron chi connectivity index (χ0n) is 10.2. The first-order valence-electron chi connectivity index (χ1n) is 5.90. The topological polar surface area (TPSA) is 78.3 Å². The summed E-state index contributed by atoms with van der Waals surface area (Å²) in [6, 6.07) is 6.97. The monoisotopic (exact) mass is 236 g/mol. The summed E-state index contributed by atoms with van der Waals surface area (Å²) in [5.74, 6) is 0.364. The molecule has 0 aliphatic heterocycles. The number of primary amides is 1. The van der Waals surface area contributed by atoms with Crippen LogP contribution in [0.15, 0.2) is 24.3 Å². The van der Waals surface area contributed by atoms with Crippen LogP contribution in [0.3, 0.4) is 0 Å². The van der Waals surface area contributed by atoms with E-state index in [9.17, 15) is 4.79 Å². The Morgan fingerprint density at radius 3 is 2.53 bits per heavy atom. The van der Waals surface area contributed by atoms with Gasteiger partial charge in [0.05, 0.1) is 12.6 Å². The van der Waals surface area contributed by atoms with Gasteiger partial charge in [0, 0.05) is 0 Å². The van der Waals surface area contributed by atoms with Crippen molar-refractivity contribution >= 4 is 5.91 Å². The van der Waals surface area contributed by atoms with Crippen LogP contribution in [-0.4, -0.2) is 18.6 Å². The lowest BCUT2D eigenvalue weighted by Crippen LogP contribution is -2.38. The molecule has 1 unspecified atom stereocenters. The number of carbonyl (C=O) groups excluding carboxylic acids is 1. The molecule has 0 bridgehead atoms. The van der Waals surface area contributed by atoms with Crippen LogP contribution in [0.5, 0.6) is 5.75 Å². The summed E-state index contributed by atoms with van der Waals surface area (Å²) in [6.45, 7) is 2.86. The van der Waals surface area contributed by atoms with Crippen LogP contribution in [0.25, 0.3) is 0 Å². The van der Waals surface area contributed by atoms with E-state index in [1.807, 2.05) is 24.3 Å². The molecule has 0 aromatic heterocycles. The highest BCUT2D eigenvalue weighted by Gasteiger charge is 2.09. The Bertz CT molecular complexity index is 349. The SMILES string of the molecule is CCCCOc1ccc(CC(N)C(N)=O)cc1. The van der Waals surface area contributed by atoms with Crippen molar-refractivity contribution in [2.24, 2.45) is 11.5 Å². The second-order valence-electron chi connectivity index (χ2n) is 4.06. The molecule has 0 saturated carbocycles. The Hall–Kier alpha value is -1.55. The molecule has 0 heterocycles. The lowest BCUT2D eigenvalue weighted by Gasteiger charge is -2.09. The summed E-state index contributed by atoms with van der Waals surface area (Å²) in [5.41, 5.74) is 11.7. The lowest BCUT2D eigenvalue weighted by atomic mass is 10.1. The number of hydrogen-bond donors (Lipinski definition) is 2. The molecule has 1 rings (SSSR count). The van der Waals surface area contributed by atoms with E-state index >= 15 is 0 Å². The fourth-order valence-electron chi connectivity index (χ4n) is 1.41. The van der Waals surface area contributed by atoms with Crippen LogP contribution >= 0.6 is 0 Å². The summed E-state index contributed by atoms with van der Waals surface area (Å²) in [4.78, 5) is 10.8. The highest BCUT2D eigenvalue weighted by atomic mass is 16.5. The van der Waals surface area contributed by atoms with E-state index < -0.39 is 11.9 Å². The van der Waals surface area contributed by atoms with Gasteiger partial charge in [-0.05, 0) is 30.5 Å². The molecule has 1 aromatic rings. The number of rotatable bonds is 7. The summed E-state index contributed by atoms with van der Waals surface area (Å²) < 4.78 is 5.53. The largest absolute Gasteiger partial charge is 0.494 e. The van der Waals surface area contributed by atoms with Crippen molar-refractivity contribution in [3.63, 3.8) is 0 Å². The molecule has 0 saturated heterocycles. The van der Waals surface area contributed by atoms with Crippen molar-refractivity contribution < 1.29 is 9.53 Å². The van der Waals surface area contributed by atoms with Crippen molar-refractivity contribution in [3.05, 3.63) is 29.8 Å². The fraction of sp³-hybridized carbons (Fsp3) is 0.462. The molecule has 0 fully saturated rings.